The Balaban J connectivity index is 2.46. The molecule has 0 amide bonds. The van der Waals surface area contributed by atoms with E-state index in [0.29, 0.717) is 12.4 Å². The normalized spacial score (nSPS) is 10.3. The van der Waals surface area contributed by atoms with E-state index in [2.05, 4.69) is 22.2 Å². The first-order valence-electron chi connectivity index (χ1n) is 5.55. The zero-order chi connectivity index (χ0) is 12.3. The molecule has 4 nitrogen and oxygen atoms in total. The maximum atomic E-state index is 5.63. The number of rotatable bonds is 3. The minimum absolute atomic E-state index is 0.413. The van der Waals surface area contributed by atoms with Gasteiger partial charge in [-0.2, -0.15) is 0 Å². The summed E-state index contributed by atoms with van der Waals surface area (Å²) in [6.45, 7) is 2.47. The predicted octanol–water partition coefficient (Wildman–Crippen LogP) is 1.95. The average Bonchev–Trinajstić information content (AvgIpc) is 2.39. The van der Waals surface area contributed by atoms with E-state index in [-0.39, 0.29) is 0 Å². The second kappa shape index (κ2) is 4.93. The van der Waals surface area contributed by atoms with Crippen molar-refractivity contribution in [2.45, 2.75) is 13.5 Å². The first-order chi connectivity index (χ1) is 8.22. The van der Waals surface area contributed by atoms with Gasteiger partial charge in [-0.1, -0.05) is 29.8 Å². The zero-order valence-corrected chi connectivity index (χ0v) is 10.1. The molecule has 2 rings (SSSR count). The number of nitrogens with two attached hydrogens (primary N) is 1. The topological polar surface area (TPSA) is 63.8 Å². The van der Waals surface area contributed by atoms with Crippen LogP contribution in [0.3, 0.4) is 0 Å². The molecule has 0 saturated carbocycles. The Kier molecular flexibility index (Phi) is 3.35. The lowest BCUT2D eigenvalue weighted by Crippen LogP contribution is -2.05. The van der Waals surface area contributed by atoms with E-state index in [4.69, 9.17) is 5.73 Å². The quantitative estimate of drug-likeness (QED) is 0.842. The third-order valence-electron chi connectivity index (χ3n) is 2.55. The van der Waals surface area contributed by atoms with E-state index >= 15 is 0 Å². The maximum Gasteiger partial charge on any atom is 0.161 e. The van der Waals surface area contributed by atoms with Crippen molar-refractivity contribution in [1.82, 2.24) is 9.97 Å². The van der Waals surface area contributed by atoms with Gasteiger partial charge in [0.2, 0.25) is 0 Å². The van der Waals surface area contributed by atoms with Crippen LogP contribution in [0.25, 0.3) is 11.4 Å². The third-order valence-corrected chi connectivity index (χ3v) is 2.55. The maximum absolute atomic E-state index is 5.63. The van der Waals surface area contributed by atoms with Crippen molar-refractivity contribution in [1.29, 1.82) is 0 Å². The lowest BCUT2D eigenvalue weighted by molar-refractivity contribution is 0.970. The van der Waals surface area contributed by atoms with Crippen LogP contribution in [0, 0.1) is 6.92 Å². The summed E-state index contributed by atoms with van der Waals surface area (Å²) in [5.74, 6) is 1.49. The number of nitrogens with zero attached hydrogens (tertiary/aromatic N) is 2. The molecular weight excluding hydrogens is 212 g/mol. The van der Waals surface area contributed by atoms with Crippen molar-refractivity contribution in [2.24, 2.45) is 5.73 Å². The molecule has 0 aliphatic rings. The summed E-state index contributed by atoms with van der Waals surface area (Å²) in [4.78, 5) is 8.85. The van der Waals surface area contributed by atoms with Crippen LogP contribution >= 0.6 is 0 Å². The van der Waals surface area contributed by atoms with Crippen LogP contribution in [0.1, 0.15) is 11.3 Å². The van der Waals surface area contributed by atoms with E-state index in [9.17, 15) is 0 Å². The third kappa shape index (κ3) is 2.60. The molecule has 17 heavy (non-hydrogen) atoms. The lowest BCUT2D eigenvalue weighted by Gasteiger charge is -2.06. The van der Waals surface area contributed by atoms with E-state index in [1.165, 1.54) is 5.56 Å². The molecule has 1 heterocycles. The Labute approximate surface area is 101 Å². The Bertz CT molecular complexity index is 483. The summed E-state index contributed by atoms with van der Waals surface area (Å²) < 4.78 is 0. The fourth-order valence-electron chi connectivity index (χ4n) is 1.56. The van der Waals surface area contributed by atoms with Crippen molar-refractivity contribution >= 4 is 5.82 Å². The molecule has 0 unspecified atom stereocenters. The van der Waals surface area contributed by atoms with Crippen molar-refractivity contribution in [2.75, 3.05) is 12.4 Å². The van der Waals surface area contributed by atoms with Crippen LogP contribution in [0.5, 0.6) is 0 Å². The molecule has 2 aromatic rings. The number of aryl methyl sites for hydroxylation is 1. The zero-order valence-electron chi connectivity index (χ0n) is 10.1. The van der Waals surface area contributed by atoms with Crippen LogP contribution < -0.4 is 11.1 Å². The summed E-state index contributed by atoms with van der Waals surface area (Å²) in [6.07, 6.45) is 0. The van der Waals surface area contributed by atoms with E-state index in [0.717, 1.165) is 17.1 Å². The number of nitrogens with one attached hydrogen (secondary N) is 1. The second-order valence-electron chi connectivity index (χ2n) is 3.89. The summed E-state index contributed by atoms with van der Waals surface area (Å²) in [5.41, 5.74) is 8.68. The SMILES string of the molecule is CNc1cc(CN)nc(-c2ccc(C)cc2)n1. The van der Waals surface area contributed by atoms with Crippen molar-refractivity contribution in [3.8, 4) is 11.4 Å². The van der Waals surface area contributed by atoms with Gasteiger partial charge in [-0.3, -0.25) is 0 Å². The summed E-state index contributed by atoms with van der Waals surface area (Å²) >= 11 is 0. The van der Waals surface area contributed by atoms with Gasteiger partial charge in [0.15, 0.2) is 5.82 Å². The van der Waals surface area contributed by atoms with E-state index in [1.807, 2.05) is 37.4 Å². The Hall–Kier alpha value is -1.94. The highest BCUT2D eigenvalue weighted by Crippen LogP contribution is 2.18. The second-order valence-corrected chi connectivity index (χ2v) is 3.89. The number of hydrogen-bond donors (Lipinski definition) is 2. The highest BCUT2D eigenvalue weighted by molar-refractivity contribution is 5.58. The molecule has 0 saturated heterocycles. The number of hydrogen-bond acceptors (Lipinski definition) is 4. The van der Waals surface area contributed by atoms with Gasteiger partial charge >= 0.3 is 0 Å². The predicted molar refractivity (Wildman–Crippen MR) is 69.6 cm³/mol. The minimum Gasteiger partial charge on any atom is -0.373 e. The molecule has 0 aliphatic heterocycles. The van der Waals surface area contributed by atoms with E-state index in [1.54, 1.807) is 0 Å². The Morgan fingerprint density at radius 3 is 2.47 bits per heavy atom. The summed E-state index contributed by atoms with van der Waals surface area (Å²) in [5, 5.41) is 3.02. The molecule has 0 radical (unpaired) electrons. The number of aromatic nitrogens is 2. The molecule has 0 fully saturated rings. The molecule has 4 heteroatoms. The lowest BCUT2D eigenvalue weighted by atomic mass is 10.1. The van der Waals surface area contributed by atoms with Crippen LogP contribution in [0.2, 0.25) is 0 Å². The molecule has 1 aromatic carbocycles. The monoisotopic (exact) mass is 228 g/mol. The fourth-order valence-corrected chi connectivity index (χ4v) is 1.56. The molecular formula is C13H16N4. The van der Waals surface area contributed by atoms with Gasteiger partial charge < -0.3 is 11.1 Å². The summed E-state index contributed by atoms with van der Waals surface area (Å²) in [6, 6.07) is 9.99. The van der Waals surface area contributed by atoms with Crippen LogP contribution in [0.4, 0.5) is 5.82 Å². The number of benzene rings is 1. The minimum atomic E-state index is 0.413. The van der Waals surface area contributed by atoms with Gasteiger partial charge in [0.1, 0.15) is 5.82 Å². The molecule has 0 bridgehead atoms. The molecule has 0 aliphatic carbocycles. The van der Waals surface area contributed by atoms with Crippen molar-refractivity contribution in [3.63, 3.8) is 0 Å². The van der Waals surface area contributed by atoms with Crippen molar-refractivity contribution in [3.05, 3.63) is 41.6 Å². The van der Waals surface area contributed by atoms with Crippen LogP contribution in [0.15, 0.2) is 30.3 Å². The molecule has 0 spiro atoms. The Morgan fingerprint density at radius 1 is 1.18 bits per heavy atom. The largest absolute Gasteiger partial charge is 0.373 e. The molecule has 1 aromatic heterocycles. The summed E-state index contributed by atoms with van der Waals surface area (Å²) in [7, 11) is 1.83. The van der Waals surface area contributed by atoms with Gasteiger partial charge in [-0.25, -0.2) is 9.97 Å². The first-order valence-corrected chi connectivity index (χ1v) is 5.55. The highest BCUT2D eigenvalue weighted by atomic mass is 15.0. The van der Waals surface area contributed by atoms with Gasteiger partial charge in [0.25, 0.3) is 0 Å². The van der Waals surface area contributed by atoms with Crippen LogP contribution in [-0.2, 0) is 6.54 Å². The molecule has 0 atom stereocenters. The van der Waals surface area contributed by atoms with E-state index < -0.39 is 0 Å². The molecule has 88 valence electrons. The van der Waals surface area contributed by atoms with Gasteiger partial charge in [-0.15, -0.1) is 0 Å². The Morgan fingerprint density at radius 2 is 1.88 bits per heavy atom. The highest BCUT2D eigenvalue weighted by Gasteiger charge is 2.05. The van der Waals surface area contributed by atoms with Crippen molar-refractivity contribution < 1.29 is 0 Å². The van der Waals surface area contributed by atoms with Crippen LogP contribution in [-0.4, -0.2) is 17.0 Å². The van der Waals surface area contributed by atoms with Gasteiger partial charge in [0, 0.05) is 25.2 Å². The first kappa shape index (κ1) is 11.5. The smallest absolute Gasteiger partial charge is 0.161 e. The number of anilines is 1. The van der Waals surface area contributed by atoms with Gasteiger partial charge in [-0.05, 0) is 6.92 Å². The van der Waals surface area contributed by atoms with Gasteiger partial charge in [0.05, 0.1) is 5.69 Å². The standard InChI is InChI=1S/C13H16N4/c1-9-3-5-10(6-4-9)13-16-11(8-14)7-12(15-2)17-13/h3-7H,8,14H2,1-2H3,(H,15,16,17). The fraction of sp³-hybridized carbons (Fsp3) is 0.231. The average molecular weight is 228 g/mol. The molecule has 3 N–H and O–H groups in total.